The van der Waals surface area contributed by atoms with Crippen LogP contribution in [0.25, 0.3) is 0 Å². The number of carbonyl (C=O) groups excluding carboxylic acids is 1. The summed E-state index contributed by atoms with van der Waals surface area (Å²) >= 11 is 0. The fourth-order valence-electron chi connectivity index (χ4n) is 3.53. The second-order valence-electron chi connectivity index (χ2n) is 6.91. The van der Waals surface area contributed by atoms with E-state index in [9.17, 15) is 9.59 Å². The predicted octanol–water partition coefficient (Wildman–Crippen LogP) is 1.62. The van der Waals surface area contributed by atoms with E-state index in [1.165, 1.54) is 10.2 Å². The fraction of sp³-hybridized carbons (Fsp3) is 0.550. The summed E-state index contributed by atoms with van der Waals surface area (Å²) < 4.78 is 8.55. The Morgan fingerprint density at radius 3 is 2.59 bits per heavy atom. The number of amides is 1. The van der Waals surface area contributed by atoms with Gasteiger partial charge in [-0.2, -0.15) is 5.10 Å². The van der Waals surface area contributed by atoms with Gasteiger partial charge < -0.3 is 9.64 Å². The molecule has 2 aromatic rings. The summed E-state index contributed by atoms with van der Waals surface area (Å²) in [5.74, 6) is 0.582. The van der Waals surface area contributed by atoms with Crippen LogP contribution in [0.4, 0.5) is 0 Å². The number of aromatic nitrogens is 3. The first kappa shape index (κ1) is 19.4. The Hall–Kier alpha value is -2.41. The van der Waals surface area contributed by atoms with Crippen LogP contribution < -0.4 is 5.69 Å². The fourth-order valence-corrected chi connectivity index (χ4v) is 3.53. The number of ether oxygens (including phenoxy) is 1. The molecular weight excluding hydrogens is 344 g/mol. The van der Waals surface area contributed by atoms with Crippen LogP contribution in [0, 0.1) is 6.92 Å². The van der Waals surface area contributed by atoms with Crippen molar-refractivity contribution in [3.63, 3.8) is 0 Å². The number of benzene rings is 1. The van der Waals surface area contributed by atoms with Crippen molar-refractivity contribution in [2.24, 2.45) is 0 Å². The molecule has 1 aromatic heterocycles. The topological polar surface area (TPSA) is 69.4 Å². The van der Waals surface area contributed by atoms with Gasteiger partial charge in [0.1, 0.15) is 12.4 Å². The van der Waals surface area contributed by atoms with Crippen molar-refractivity contribution < 1.29 is 9.53 Å². The lowest BCUT2D eigenvalue weighted by Crippen LogP contribution is -2.43. The van der Waals surface area contributed by atoms with E-state index >= 15 is 0 Å². The van der Waals surface area contributed by atoms with Crippen molar-refractivity contribution in [1.82, 2.24) is 19.2 Å². The Labute approximate surface area is 159 Å². The Kier molecular flexibility index (Phi) is 6.45. The van der Waals surface area contributed by atoms with Crippen LogP contribution in [0.5, 0.6) is 0 Å². The zero-order chi connectivity index (χ0) is 19.2. The van der Waals surface area contributed by atoms with E-state index in [1.807, 2.05) is 37.3 Å². The number of nitrogens with zero attached hydrogens (tertiary/aromatic N) is 4. The SMILES string of the molecule is CCOC1CCN(C(=O)Cn2nc(C)n(CCc3ccccc3)c2=O)CC1. The van der Waals surface area contributed by atoms with Gasteiger partial charge in [-0.15, -0.1) is 0 Å². The number of likely N-dealkylation sites (tertiary alicyclic amines) is 1. The average Bonchev–Trinajstić information content (AvgIpc) is 2.94. The predicted molar refractivity (Wildman–Crippen MR) is 103 cm³/mol. The maximum absolute atomic E-state index is 12.6. The van der Waals surface area contributed by atoms with Gasteiger partial charge in [0.15, 0.2) is 0 Å². The third-order valence-electron chi connectivity index (χ3n) is 5.06. The van der Waals surface area contributed by atoms with E-state index in [0.29, 0.717) is 32.1 Å². The molecule has 7 heteroatoms. The molecule has 1 amide bonds. The molecular formula is C20H28N4O3. The highest BCUT2D eigenvalue weighted by atomic mass is 16.5. The number of carbonyl (C=O) groups is 1. The zero-order valence-corrected chi connectivity index (χ0v) is 16.1. The molecule has 0 unspecified atom stereocenters. The minimum absolute atomic E-state index is 0.00267. The minimum atomic E-state index is -0.221. The summed E-state index contributed by atoms with van der Waals surface area (Å²) in [6.45, 7) is 6.40. The molecule has 146 valence electrons. The molecule has 0 N–H and O–H groups in total. The molecule has 0 atom stereocenters. The highest BCUT2D eigenvalue weighted by Crippen LogP contribution is 2.14. The molecule has 2 heterocycles. The molecule has 1 fully saturated rings. The van der Waals surface area contributed by atoms with Crippen LogP contribution in [0.1, 0.15) is 31.2 Å². The number of rotatable bonds is 7. The Balaban J connectivity index is 1.59. The summed E-state index contributed by atoms with van der Waals surface area (Å²) in [7, 11) is 0. The van der Waals surface area contributed by atoms with Gasteiger partial charge in [0.2, 0.25) is 5.91 Å². The molecule has 0 spiro atoms. The molecule has 0 saturated carbocycles. The molecule has 7 nitrogen and oxygen atoms in total. The van der Waals surface area contributed by atoms with Crippen molar-refractivity contribution in [1.29, 1.82) is 0 Å². The summed E-state index contributed by atoms with van der Waals surface area (Å²) in [6.07, 6.45) is 2.69. The monoisotopic (exact) mass is 372 g/mol. The molecule has 0 radical (unpaired) electrons. The van der Waals surface area contributed by atoms with Crippen LogP contribution in [-0.4, -0.2) is 51.0 Å². The molecule has 1 aliphatic rings. The van der Waals surface area contributed by atoms with E-state index in [1.54, 1.807) is 16.4 Å². The van der Waals surface area contributed by atoms with Crippen LogP contribution >= 0.6 is 0 Å². The van der Waals surface area contributed by atoms with Crippen molar-refractivity contribution in [2.45, 2.75) is 52.3 Å². The van der Waals surface area contributed by atoms with Crippen LogP contribution in [-0.2, 0) is 29.0 Å². The first-order chi connectivity index (χ1) is 13.1. The lowest BCUT2D eigenvalue weighted by molar-refractivity contribution is -0.134. The van der Waals surface area contributed by atoms with E-state index in [-0.39, 0.29) is 24.2 Å². The Bertz CT molecular complexity index is 804. The van der Waals surface area contributed by atoms with Gasteiger partial charge in [0, 0.05) is 26.2 Å². The number of hydrogen-bond donors (Lipinski definition) is 0. The van der Waals surface area contributed by atoms with E-state index in [0.717, 1.165) is 19.3 Å². The van der Waals surface area contributed by atoms with Gasteiger partial charge in [0.05, 0.1) is 6.10 Å². The van der Waals surface area contributed by atoms with Gasteiger partial charge in [-0.05, 0) is 38.7 Å². The second kappa shape index (κ2) is 8.99. The molecule has 1 saturated heterocycles. The lowest BCUT2D eigenvalue weighted by Gasteiger charge is -2.31. The van der Waals surface area contributed by atoms with Crippen molar-refractivity contribution in [2.75, 3.05) is 19.7 Å². The average molecular weight is 372 g/mol. The van der Waals surface area contributed by atoms with Gasteiger partial charge in [0.25, 0.3) is 0 Å². The summed E-state index contributed by atoms with van der Waals surface area (Å²) in [6, 6.07) is 10.0. The summed E-state index contributed by atoms with van der Waals surface area (Å²) in [4.78, 5) is 27.0. The minimum Gasteiger partial charge on any atom is -0.378 e. The molecule has 27 heavy (non-hydrogen) atoms. The van der Waals surface area contributed by atoms with Crippen LogP contribution in [0.3, 0.4) is 0 Å². The van der Waals surface area contributed by atoms with Crippen LogP contribution in [0.2, 0.25) is 0 Å². The highest BCUT2D eigenvalue weighted by molar-refractivity contribution is 5.75. The molecule has 1 aromatic carbocycles. The van der Waals surface area contributed by atoms with Gasteiger partial charge in [-0.1, -0.05) is 30.3 Å². The molecule has 0 aliphatic carbocycles. The lowest BCUT2D eigenvalue weighted by atomic mass is 10.1. The standard InChI is InChI=1S/C20H28N4O3/c1-3-27-18-10-12-22(13-11-18)19(25)15-24-20(26)23(16(2)21-24)14-9-17-7-5-4-6-8-17/h4-8,18H,3,9-15H2,1-2H3. The maximum Gasteiger partial charge on any atom is 0.346 e. The van der Waals surface area contributed by atoms with Crippen molar-refractivity contribution >= 4 is 5.91 Å². The molecule has 0 bridgehead atoms. The van der Waals surface area contributed by atoms with E-state index < -0.39 is 0 Å². The summed E-state index contributed by atoms with van der Waals surface area (Å²) in [5.41, 5.74) is 0.950. The second-order valence-corrected chi connectivity index (χ2v) is 6.91. The van der Waals surface area contributed by atoms with E-state index in [4.69, 9.17) is 4.74 Å². The smallest absolute Gasteiger partial charge is 0.346 e. The zero-order valence-electron chi connectivity index (χ0n) is 16.1. The summed E-state index contributed by atoms with van der Waals surface area (Å²) in [5, 5.41) is 4.30. The molecule has 3 rings (SSSR count). The normalized spacial score (nSPS) is 15.3. The number of hydrogen-bond acceptors (Lipinski definition) is 4. The van der Waals surface area contributed by atoms with E-state index in [2.05, 4.69) is 5.10 Å². The van der Waals surface area contributed by atoms with Gasteiger partial charge >= 0.3 is 5.69 Å². The Morgan fingerprint density at radius 1 is 1.22 bits per heavy atom. The highest BCUT2D eigenvalue weighted by Gasteiger charge is 2.24. The van der Waals surface area contributed by atoms with Gasteiger partial charge in [-0.3, -0.25) is 9.36 Å². The largest absolute Gasteiger partial charge is 0.378 e. The van der Waals surface area contributed by atoms with Gasteiger partial charge in [-0.25, -0.2) is 9.48 Å². The maximum atomic E-state index is 12.6. The number of aryl methyl sites for hydroxylation is 2. The number of piperidine rings is 1. The molecule has 1 aliphatic heterocycles. The first-order valence-electron chi connectivity index (χ1n) is 9.66. The van der Waals surface area contributed by atoms with Crippen molar-refractivity contribution in [3.05, 3.63) is 52.2 Å². The van der Waals surface area contributed by atoms with Crippen LogP contribution in [0.15, 0.2) is 35.1 Å². The van der Waals surface area contributed by atoms with Crippen molar-refractivity contribution in [3.8, 4) is 0 Å². The Morgan fingerprint density at radius 2 is 1.93 bits per heavy atom. The third kappa shape index (κ3) is 4.86. The third-order valence-corrected chi connectivity index (χ3v) is 5.06. The first-order valence-corrected chi connectivity index (χ1v) is 9.66. The quantitative estimate of drug-likeness (QED) is 0.741.